The van der Waals surface area contributed by atoms with E-state index in [1.165, 1.54) is 19.1 Å². The smallest absolute Gasteiger partial charge is 0.175 e. The summed E-state index contributed by atoms with van der Waals surface area (Å²) in [6.07, 6.45) is 4.95. The minimum absolute atomic E-state index is 0.391. The lowest BCUT2D eigenvalue weighted by Crippen LogP contribution is -2.35. The van der Waals surface area contributed by atoms with Crippen LogP contribution in [0, 0.1) is 18.8 Å². The molecular formula is C16H25NO2S. The Morgan fingerprint density at radius 1 is 1.20 bits per heavy atom. The van der Waals surface area contributed by atoms with Gasteiger partial charge in [-0.2, -0.15) is 0 Å². The summed E-state index contributed by atoms with van der Waals surface area (Å²) in [5.41, 5.74) is 2.06. The zero-order valence-corrected chi connectivity index (χ0v) is 13.6. The molecule has 1 fully saturated rings. The predicted molar refractivity (Wildman–Crippen MR) is 83.9 cm³/mol. The molecule has 3 nitrogen and oxygen atoms in total. The molecule has 112 valence electrons. The Kier molecular flexibility index (Phi) is 4.43. The molecule has 3 atom stereocenters. The Morgan fingerprint density at radius 2 is 1.90 bits per heavy atom. The fraction of sp³-hybridized carbons (Fsp3) is 0.625. The lowest BCUT2D eigenvalue weighted by molar-refractivity contribution is 0.253. The number of hydrogen-bond donors (Lipinski definition) is 1. The first-order chi connectivity index (χ1) is 9.29. The average Bonchev–Trinajstić information content (AvgIpc) is 2.36. The van der Waals surface area contributed by atoms with Crippen LogP contribution in [0.4, 0.5) is 5.69 Å². The maximum absolute atomic E-state index is 11.7. The minimum Gasteiger partial charge on any atom is -0.382 e. The van der Waals surface area contributed by atoms with Gasteiger partial charge in [0.15, 0.2) is 9.84 Å². The van der Waals surface area contributed by atoms with Gasteiger partial charge in [-0.1, -0.05) is 32.8 Å². The molecule has 0 saturated heterocycles. The van der Waals surface area contributed by atoms with E-state index in [-0.39, 0.29) is 0 Å². The zero-order valence-electron chi connectivity index (χ0n) is 12.8. The van der Waals surface area contributed by atoms with Crippen LogP contribution in [-0.2, 0) is 9.84 Å². The zero-order chi connectivity index (χ0) is 14.9. The van der Waals surface area contributed by atoms with E-state index in [1.807, 2.05) is 13.0 Å². The van der Waals surface area contributed by atoms with Crippen molar-refractivity contribution in [1.29, 1.82) is 0 Å². The first-order valence-corrected chi connectivity index (χ1v) is 9.25. The highest BCUT2D eigenvalue weighted by atomic mass is 32.2. The second-order valence-corrected chi connectivity index (χ2v) is 8.28. The maximum Gasteiger partial charge on any atom is 0.175 e. The number of anilines is 1. The largest absolute Gasteiger partial charge is 0.382 e. The number of benzene rings is 1. The van der Waals surface area contributed by atoms with E-state index in [0.29, 0.717) is 16.9 Å². The predicted octanol–water partition coefficient (Wildman–Crippen LogP) is 3.64. The first kappa shape index (κ1) is 15.4. The van der Waals surface area contributed by atoms with Crippen molar-refractivity contribution in [3.8, 4) is 0 Å². The van der Waals surface area contributed by atoms with Crippen LogP contribution < -0.4 is 5.32 Å². The molecule has 0 heterocycles. The van der Waals surface area contributed by atoms with E-state index in [1.54, 1.807) is 12.1 Å². The van der Waals surface area contributed by atoms with E-state index in [0.717, 1.165) is 23.6 Å². The highest BCUT2D eigenvalue weighted by Crippen LogP contribution is 2.32. The molecule has 1 aliphatic rings. The maximum atomic E-state index is 11.7. The summed E-state index contributed by atoms with van der Waals surface area (Å²) in [6, 6.07) is 5.78. The van der Waals surface area contributed by atoms with Crippen LogP contribution in [0.5, 0.6) is 0 Å². The summed E-state index contributed by atoms with van der Waals surface area (Å²) < 4.78 is 23.4. The van der Waals surface area contributed by atoms with Crippen LogP contribution in [0.1, 0.15) is 38.7 Å². The summed E-state index contributed by atoms with van der Waals surface area (Å²) >= 11 is 0. The number of rotatable bonds is 3. The summed E-state index contributed by atoms with van der Waals surface area (Å²) in [7, 11) is -3.15. The number of sulfone groups is 1. The van der Waals surface area contributed by atoms with Gasteiger partial charge in [0.25, 0.3) is 0 Å². The van der Waals surface area contributed by atoms with Gasteiger partial charge in [0.05, 0.1) is 4.90 Å². The fourth-order valence-electron chi connectivity index (χ4n) is 2.97. The second-order valence-electron chi connectivity index (χ2n) is 6.27. The highest BCUT2D eigenvalue weighted by molar-refractivity contribution is 7.90. The SMILES string of the molecule is Cc1ccc(S(C)(=O)=O)cc1NC1CCCC(C)C1C. The van der Waals surface area contributed by atoms with E-state index >= 15 is 0 Å². The lowest BCUT2D eigenvalue weighted by Gasteiger charge is -2.35. The molecule has 1 aliphatic carbocycles. The molecule has 0 aromatic heterocycles. The van der Waals surface area contributed by atoms with Crippen molar-refractivity contribution in [2.45, 2.75) is 51.0 Å². The van der Waals surface area contributed by atoms with Gasteiger partial charge < -0.3 is 5.32 Å². The molecule has 1 aromatic carbocycles. The van der Waals surface area contributed by atoms with Crippen LogP contribution in [0.2, 0.25) is 0 Å². The Morgan fingerprint density at radius 3 is 2.55 bits per heavy atom. The van der Waals surface area contributed by atoms with E-state index in [9.17, 15) is 8.42 Å². The summed E-state index contributed by atoms with van der Waals surface area (Å²) in [5.74, 6) is 1.34. The van der Waals surface area contributed by atoms with Crippen molar-refractivity contribution in [2.24, 2.45) is 11.8 Å². The average molecular weight is 295 g/mol. The number of hydrogen-bond acceptors (Lipinski definition) is 3. The molecule has 1 N–H and O–H groups in total. The second kappa shape index (κ2) is 5.76. The van der Waals surface area contributed by atoms with Crippen LogP contribution in [0.25, 0.3) is 0 Å². The summed E-state index contributed by atoms with van der Waals surface area (Å²) in [5, 5.41) is 3.58. The summed E-state index contributed by atoms with van der Waals surface area (Å²) in [4.78, 5) is 0.391. The first-order valence-electron chi connectivity index (χ1n) is 7.36. The van der Waals surface area contributed by atoms with Crippen molar-refractivity contribution < 1.29 is 8.42 Å². The van der Waals surface area contributed by atoms with Crippen LogP contribution in [-0.4, -0.2) is 20.7 Å². The third-order valence-electron chi connectivity index (χ3n) is 4.68. The third-order valence-corrected chi connectivity index (χ3v) is 5.80. The molecule has 0 radical (unpaired) electrons. The molecule has 1 aromatic rings. The number of aryl methyl sites for hydroxylation is 1. The van der Waals surface area contributed by atoms with Gasteiger partial charge in [0, 0.05) is 18.0 Å². The molecule has 0 spiro atoms. The lowest BCUT2D eigenvalue weighted by atomic mass is 9.78. The monoisotopic (exact) mass is 295 g/mol. The van der Waals surface area contributed by atoms with Crippen LogP contribution in [0.15, 0.2) is 23.1 Å². The van der Waals surface area contributed by atoms with Crippen molar-refractivity contribution >= 4 is 15.5 Å². The van der Waals surface area contributed by atoms with E-state index in [4.69, 9.17) is 0 Å². The fourth-order valence-corrected chi connectivity index (χ4v) is 3.62. The molecule has 2 rings (SSSR count). The Labute approximate surface area is 122 Å². The van der Waals surface area contributed by atoms with Gasteiger partial charge in [-0.3, -0.25) is 0 Å². The van der Waals surface area contributed by atoms with Crippen LogP contribution in [0.3, 0.4) is 0 Å². The van der Waals surface area contributed by atoms with Crippen molar-refractivity contribution in [3.63, 3.8) is 0 Å². The van der Waals surface area contributed by atoms with Gasteiger partial charge in [-0.05, 0) is 42.9 Å². The Balaban J connectivity index is 2.24. The van der Waals surface area contributed by atoms with E-state index < -0.39 is 9.84 Å². The molecule has 3 unspecified atom stereocenters. The van der Waals surface area contributed by atoms with Gasteiger partial charge in [0.1, 0.15) is 0 Å². The summed E-state index contributed by atoms with van der Waals surface area (Å²) in [6.45, 7) is 6.61. The quantitative estimate of drug-likeness (QED) is 0.926. The molecule has 4 heteroatoms. The van der Waals surface area contributed by atoms with Crippen molar-refractivity contribution in [2.75, 3.05) is 11.6 Å². The molecular weight excluding hydrogens is 270 g/mol. The highest BCUT2D eigenvalue weighted by Gasteiger charge is 2.27. The molecule has 20 heavy (non-hydrogen) atoms. The van der Waals surface area contributed by atoms with Gasteiger partial charge in [-0.25, -0.2) is 8.42 Å². The normalized spacial score (nSPS) is 27.3. The molecule has 0 bridgehead atoms. The number of nitrogens with one attached hydrogen (secondary N) is 1. The standard InChI is InChI=1S/C16H25NO2S/c1-11-6-5-7-15(13(11)3)17-16-10-14(20(4,18)19)9-8-12(16)2/h8-11,13,15,17H,5-7H2,1-4H3. The van der Waals surface area contributed by atoms with Gasteiger partial charge in [0.2, 0.25) is 0 Å². The molecule has 0 amide bonds. The van der Waals surface area contributed by atoms with Crippen LogP contribution >= 0.6 is 0 Å². The third kappa shape index (κ3) is 3.35. The Bertz CT molecular complexity index is 580. The van der Waals surface area contributed by atoms with Crippen molar-refractivity contribution in [1.82, 2.24) is 0 Å². The van der Waals surface area contributed by atoms with Crippen molar-refractivity contribution in [3.05, 3.63) is 23.8 Å². The Hall–Kier alpha value is -1.03. The minimum atomic E-state index is -3.15. The molecule has 1 saturated carbocycles. The molecule has 0 aliphatic heterocycles. The topological polar surface area (TPSA) is 46.2 Å². The van der Waals surface area contributed by atoms with E-state index in [2.05, 4.69) is 19.2 Å². The van der Waals surface area contributed by atoms with Gasteiger partial charge in [-0.15, -0.1) is 0 Å². The van der Waals surface area contributed by atoms with Gasteiger partial charge >= 0.3 is 0 Å².